The van der Waals surface area contributed by atoms with Crippen LogP contribution in [0, 0.1) is 0 Å². The van der Waals surface area contributed by atoms with E-state index >= 15 is 0 Å². The van der Waals surface area contributed by atoms with Crippen LogP contribution in [0.5, 0.6) is 0 Å². The van der Waals surface area contributed by atoms with Gasteiger partial charge in [0.25, 0.3) is 5.91 Å². The van der Waals surface area contributed by atoms with Crippen molar-refractivity contribution >= 4 is 51.5 Å². The third kappa shape index (κ3) is 6.88. The molecular weight excluding hydrogens is 665 g/mol. The maximum absolute atomic E-state index is 14.6. The Morgan fingerprint density at radius 1 is 0.940 bits per heavy atom. The maximum Gasteiger partial charge on any atom is 0.272 e. The minimum atomic E-state index is -0.277. The largest absolute Gasteiger partial charge is 0.355 e. The summed E-state index contributed by atoms with van der Waals surface area (Å²) in [6.07, 6.45) is 6.77. The molecule has 8 nitrogen and oxygen atoms in total. The van der Waals surface area contributed by atoms with Crippen LogP contribution in [0.4, 0.5) is 11.5 Å². The molecule has 1 fully saturated rings. The molecule has 3 aromatic heterocycles. The molecule has 1 aliphatic rings. The summed E-state index contributed by atoms with van der Waals surface area (Å²) in [7, 11) is 0. The highest BCUT2D eigenvalue weighted by atomic mass is 35.5. The van der Waals surface area contributed by atoms with Crippen molar-refractivity contribution < 1.29 is 4.79 Å². The lowest BCUT2D eigenvalue weighted by molar-refractivity contribution is 0.102. The summed E-state index contributed by atoms with van der Waals surface area (Å²) in [6, 6.07) is 28.2. The van der Waals surface area contributed by atoms with Gasteiger partial charge in [-0.3, -0.25) is 4.79 Å². The molecule has 0 bridgehead atoms. The number of rotatable bonds is 10. The summed E-state index contributed by atoms with van der Waals surface area (Å²) < 4.78 is 2.13. The van der Waals surface area contributed by atoms with Gasteiger partial charge in [-0.05, 0) is 75.1 Å². The Morgan fingerprint density at radius 3 is 2.42 bits per heavy atom. The van der Waals surface area contributed by atoms with E-state index in [4.69, 9.17) is 33.2 Å². The van der Waals surface area contributed by atoms with Gasteiger partial charge < -0.3 is 25.1 Å². The van der Waals surface area contributed by atoms with Gasteiger partial charge in [0, 0.05) is 63.4 Å². The fourth-order valence-corrected chi connectivity index (χ4v) is 7.21. The molecule has 3 aromatic carbocycles. The number of amides is 1. The summed E-state index contributed by atoms with van der Waals surface area (Å²) >= 11 is 12.8. The summed E-state index contributed by atoms with van der Waals surface area (Å²) in [5, 5.41) is 9.09. The molecule has 0 spiro atoms. The lowest BCUT2D eigenvalue weighted by atomic mass is 9.99. The number of aromatic amines is 1. The van der Waals surface area contributed by atoms with E-state index in [0.717, 1.165) is 77.2 Å². The smallest absolute Gasteiger partial charge is 0.272 e. The number of benzene rings is 3. The number of piperidine rings is 1. The van der Waals surface area contributed by atoms with E-state index in [-0.39, 0.29) is 11.9 Å². The van der Waals surface area contributed by atoms with E-state index < -0.39 is 0 Å². The number of hydrogen-bond acceptors (Lipinski definition) is 5. The fourth-order valence-electron chi connectivity index (χ4n) is 6.91. The van der Waals surface area contributed by atoms with Gasteiger partial charge in [-0.25, -0.2) is 9.97 Å². The van der Waals surface area contributed by atoms with Gasteiger partial charge in [-0.2, -0.15) is 0 Å². The van der Waals surface area contributed by atoms with Crippen molar-refractivity contribution in [2.24, 2.45) is 0 Å². The van der Waals surface area contributed by atoms with Crippen LogP contribution in [-0.2, 0) is 0 Å². The fraction of sp³-hybridized carbons (Fsp3) is 0.275. The standard InChI is InChI=1S/C40H41Cl2N7O/c1-4-25(2)45-31-18-21-48(22-19-31)39-33(11-8-20-43-39)47-40(50)37-35(32-17-16-30(42)23-34(32)46-37)38-36(28-9-6-5-7-10-28)44-24-49(38)26(3)27-12-14-29(41)15-13-27/h5-17,20,23-26,31,45-46H,4,18-19,21-22H2,1-3H3,(H,47,50). The van der Waals surface area contributed by atoms with Gasteiger partial charge in [0.05, 0.1) is 29.4 Å². The van der Waals surface area contributed by atoms with Gasteiger partial charge in [0.15, 0.2) is 5.82 Å². The Kier molecular flexibility index (Phi) is 9.95. The van der Waals surface area contributed by atoms with Gasteiger partial charge in [0.2, 0.25) is 0 Å². The van der Waals surface area contributed by atoms with Crippen LogP contribution in [0.25, 0.3) is 33.4 Å². The lowest BCUT2D eigenvalue weighted by Gasteiger charge is -2.35. The van der Waals surface area contributed by atoms with Crippen molar-refractivity contribution in [1.82, 2.24) is 24.8 Å². The second-order valence-corrected chi connectivity index (χ2v) is 13.9. The first-order valence-corrected chi connectivity index (χ1v) is 18.0. The number of hydrogen-bond donors (Lipinski definition) is 3. The number of carbonyl (C=O) groups is 1. The second kappa shape index (κ2) is 14.7. The van der Waals surface area contributed by atoms with E-state index in [1.165, 1.54) is 0 Å². The minimum Gasteiger partial charge on any atom is -0.355 e. The molecule has 0 radical (unpaired) electrons. The summed E-state index contributed by atoms with van der Waals surface area (Å²) in [6.45, 7) is 8.27. The first kappa shape index (κ1) is 33.8. The first-order valence-electron chi connectivity index (χ1n) is 17.3. The monoisotopic (exact) mass is 705 g/mol. The van der Waals surface area contributed by atoms with Gasteiger partial charge in [-0.1, -0.05) is 78.7 Å². The first-order chi connectivity index (χ1) is 24.3. The molecule has 2 atom stereocenters. The molecule has 4 heterocycles. The molecule has 0 aliphatic carbocycles. The predicted molar refractivity (Wildman–Crippen MR) is 206 cm³/mol. The lowest BCUT2D eigenvalue weighted by Crippen LogP contribution is -2.45. The average Bonchev–Trinajstić information content (AvgIpc) is 3.74. The second-order valence-electron chi connectivity index (χ2n) is 13.1. The maximum atomic E-state index is 14.6. The molecule has 3 N–H and O–H groups in total. The number of imidazole rings is 1. The van der Waals surface area contributed by atoms with E-state index in [1.54, 1.807) is 6.20 Å². The third-order valence-electron chi connectivity index (χ3n) is 9.80. The van der Waals surface area contributed by atoms with Crippen molar-refractivity contribution in [3.8, 4) is 22.5 Å². The Balaban J connectivity index is 1.30. The number of aromatic nitrogens is 4. The van der Waals surface area contributed by atoms with Crippen LogP contribution in [0.3, 0.4) is 0 Å². The number of H-pyrrole nitrogens is 1. The number of nitrogens with one attached hydrogen (secondary N) is 3. The number of fused-ring (bicyclic) bond motifs is 1. The van der Waals surface area contributed by atoms with Crippen molar-refractivity contribution in [3.63, 3.8) is 0 Å². The summed E-state index contributed by atoms with van der Waals surface area (Å²) in [5.74, 6) is 0.496. The van der Waals surface area contributed by atoms with Crippen molar-refractivity contribution in [3.05, 3.63) is 119 Å². The van der Waals surface area contributed by atoms with E-state index in [9.17, 15) is 4.79 Å². The van der Waals surface area contributed by atoms with Gasteiger partial charge in [0.1, 0.15) is 5.69 Å². The molecular formula is C40H41Cl2N7O. The number of anilines is 2. The van der Waals surface area contributed by atoms with Crippen LogP contribution in [0.1, 0.15) is 62.1 Å². The molecule has 7 rings (SSSR count). The van der Waals surface area contributed by atoms with Crippen LogP contribution in [0.2, 0.25) is 10.0 Å². The Labute approximate surface area is 302 Å². The van der Waals surface area contributed by atoms with Gasteiger partial charge >= 0.3 is 0 Å². The van der Waals surface area contributed by atoms with Crippen LogP contribution in [0.15, 0.2) is 97.5 Å². The van der Waals surface area contributed by atoms with Gasteiger partial charge in [-0.15, -0.1) is 0 Å². The molecule has 1 saturated heterocycles. The number of halogens is 2. The average molecular weight is 707 g/mol. The summed E-state index contributed by atoms with van der Waals surface area (Å²) in [4.78, 5) is 30.0. The molecule has 1 aliphatic heterocycles. The zero-order valence-electron chi connectivity index (χ0n) is 28.5. The zero-order valence-corrected chi connectivity index (χ0v) is 30.0. The highest BCUT2D eigenvalue weighted by Crippen LogP contribution is 2.42. The van der Waals surface area contributed by atoms with Crippen molar-refractivity contribution in [2.75, 3.05) is 23.3 Å². The molecule has 10 heteroatoms. The molecule has 0 saturated carbocycles. The van der Waals surface area contributed by atoms with E-state index in [0.29, 0.717) is 33.5 Å². The summed E-state index contributed by atoms with van der Waals surface area (Å²) in [5.41, 5.74) is 6.17. The Bertz CT molecular complexity index is 2100. The van der Waals surface area contributed by atoms with Crippen LogP contribution < -0.4 is 15.5 Å². The van der Waals surface area contributed by atoms with E-state index in [2.05, 4.69) is 45.9 Å². The predicted octanol–water partition coefficient (Wildman–Crippen LogP) is 9.62. The topological polar surface area (TPSA) is 90.9 Å². The third-order valence-corrected chi connectivity index (χ3v) is 10.3. The van der Waals surface area contributed by atoms with Crippen LogP contribution in [-0.4, -0.2) is 50.6 Å². The molecule has 256 valence electrons. The quantitative estimate of drug-likeness (QED) is 0.132. The van der Waals surface area contributed by atoms with Crippen LogP contribution >= 0.6 is 23.2 Å². The molecule has 50 heavy (non-hydrogen) atoms. The van der Waals surface area contributed by atoms with Crippen molar-refractivity contribution in [1.29, 1.82) is 0 Å². The normalized spacial score (nSPS) is 14.9. The highest BCUT2D eigenvalue weighted by Gasteiger charge is 2.29. The number of pyridine rings is 1. The number of carbonyl (C=O) groups excluding carboxylic acids is 1. The molecule has 2 unspecified atom stereocenters. The zero-order chi connectivity index (χ0) is 34.8. The van der Waals surface area contributed by atoms with E-state index in [1.807, 2.05) is 91.3 Å². The molecule has 6 aromatic rings. The van der Waals surface area contributed by atoms with Crippen molar-refractivity contribution in [2.45, 2.75) is 58.2 Å². The number of nitrogens with zero attached hydrogens (tertiary/aromatic N) is 4. The highest BCUT2D eigenvalue weighted by molar-refractivity contribution is 6.31. The Morgan fingerprint density at radius 2 is 1.68 bits per heavy atom. The Hall–Kier alpha value is -4.63. The SMILES string of the molecule is CCC(C)NC1CCN(c2ncccc2NC(=O)c2[nH]c3cc(Cl)ccc3c2-c2c(-c3ccccc3)ncn2C(C)c2ccc(Cl)cc2)CC1. The molecule has 1 amide bonds. The minimum absolute atomic E-state index is 0.122.